The highest BCUT2D eigenvalue weighted by molar-refractivity contribution is 7.80. The van der Waals surface area contributed by atoms with Gasteiger partial charge >= 0.3 is 11.9 Å². The van der Waals surface area contributed by atoms with Crippen LogP contribution >= 0.6 is 23.6 Å². The van der Waals surface area contributed by atoms with E-state index >= 15 is 0 Å². The number of nitrogens with one attached hydrogen (secondary N) is 2. The van der Waals surface area contributed by atoms with E-state index in [4.69, 9.17) is 21.7 Å². The lowest BCUT2D eigenvalue weighted by molar-refractivity contribution is 0.0377. The summed E-state index contributed by atoms with van der Waals surface area (Å²) >= 11 is 6.87. The normalized spacial score (nSPS) is 10.5. The second-order valence-corrected chi connectivity index (χ2v) is 8.77. The van der Waals surface area contributed by atoms with E-state index in [9.17, 15) is 9.59 Å². The standard InChI is InChI=1S/C24H24N2O4S2/c1-15(2)30-22(27)17-9-11-18(12-10-17)25-24(31)26-21-20(23(28)29-3)14-19(32-21)13-16-7-5-4-6-8-16/h4-12,14-15H,13H2,1-3H3,(H2,25,26,31). The Labute approximate surface area is 196 Å². The number of thiocarbonyl (C=S) groups is 1. The minimum absolute atomic E-state index is 0.182. The zero-order valence-corrected chi connectivity index (χ0v) is 19.6. The first kappa shape index (κ1) is 23.4. The summed E-state index contributed by atoms with van der Waals surface area (Å²) in [7, 11) is 1.35. The maximum atomic E-state index is 12.3. The van der Waals surface area contributed by atoms with Gasteiger partial charge in [-0.2, -0.15) is 0 Å². The molecule has 3 rings (SSSR count). The van der Waals surface area contributed by atoms with E-state index in [1.165, 1.54) is 18.4 Å². The van der Waals surface area contributed by atoms with Crippen molar-refractivity contribution in [3.05, 3.63) is 82.2 Å². The number of methoxy groups -OCH3 is 1. The number of benzene rings is 2. The number of hydrogen-bond donors (Lipinski definition) is 2. The van der Waals surface area contributed by atoms with Crippen molar-refractivity contribution in [1.82, 2.24) is 0 Å². The van der Waals surface area contributed by atoms with Crippen molar-refractivity contribution in [1.29, 1.82) is 0 Å². The van der Waals surface area contributed by atoms with Gasteiger partial charge in [-0.05, 0) is 62.0 Å². The third-order valence-electron chi connectivity index (χ3n) is 4.36. The molecule has 0 amide bonds. The van der Waals surface area contributed by atoms with E-state index in [1.54, 1.807) is 38.1 Å². The molecule has 0 saturated heterocycles. The van der Waals surface area contributed by atoms with Gasteiger partial charge in [-0.1, -0.05) is 30.3 Å². The Kier molecular flexibility index (Phi) is 7.97. The molecule has 8 heteroatoms. The summed E-state index contributed by atoms with van der Waals surface area (Å²) in [5.74, 6) is -0.807. The monoisotopic (exact) mass is 468 g/mol. The molecule has 0 fully saturated rings. The molecular formula is C24H24N2O4S2. The molecule has 0 bridgehead atoms. The molecule has 166 valence electrons. The van der Waals surface area contributed by atoms with E-state index in [-0.39, 0.29) is 12.1 Å². The lowest BCUT2D eigenvalue weighted by atomic mass is 10.1. The summed E-state index contributed by atoms with van der Waals surface area (Å²) in [6, 6.07) is 18.6. The second-order valence-electron chi connectivity index (χ2n) is 7.22. The maximum Gasteiger partial charge on any atom is 0.340 e. The SMILES string of the molecule is COC(=O)c1cc(Cc2ccccc2)sc1NC(=S)Nc1ccc(C(=O)OC(C)C)cc1. The first-order chi connectivity index (χ1) is 15.4. The molecule has 0 aliphatic heterocycles. The summed E-state index contributed by atoms with van der Waals surface area (Å²) < 4.78 is 10.1. The van der Waals surface area contributed by atoms with Crippen molar-refractivity contribution < 1.29 is 19.1 Å². The molecule has 32 heavy (non-hydrogen) atoms. The molecule has 1 heterocycles. The Morgan fingerprint density at radius 3 is 2.31 bits per heavy atom. The molecule has 2 N–H and O–H groups in total. The average molecular weight is 469 g/mol. The summed E-state index contributed by atoms with van der Waals surface area (Å²) in [5, 5.41) is 7.08. The van der Waals surface area contributed by atoms with Gasteiger partial charge < -0.3 is 20.1 Å². The maximum absolute atomic E-state index is 12.3. The van der Waals surface area contributed by atoms with Crippen molar-refractivity contribution in [2.75, 3.05) is 17.7 Å². The van der Waals surface area contributed by atoms with Crippen molar-refractivity contribution >= 4 is 51.3 Å². The minimum Gasteiger partial charge on any atom is -0.465 e. The summed E-state index contributed by atoms with van der Waals surface area (Å²) in [5.41, 5.74) is 2.73. The summed E-state index contributed by atoms with van der Waals surface area (Å²) in [6.07, 6.45) is 0.518. The number of carbonyl (C=O) groups excluding carboxylic acids is 2. The Bertz CT molecular complexity index is 1090. The van der Waals surface area contributed by atoms with Crippen LogP contribution in [0.3, 0.4) is 0 Å². The number of ether oxygens (including phenoxy) is 2. The zero-order chi connectivity index (χ0) is 23.1. The molecule has 6 nitrogen and oxygen atoms in total. The van der Waals surface area contributed by atoms with E-state index in [1.807, 2.05) is 36.4 Å². The molecule has 1 aromatic heterocycles. The van der Waals surface area contributed by atoms with E-state index in [0.717, 1.165) is 10.4 Å². The van der Waals surface area contributed by atoms with Gasteiger partial charge in [0.2, 0.25) is 0 Å². The zero-order valence-electron chi connectivity index (χ0n) is 18.0. The Balaban J connectivity index is 1.69. The summed E-state index contributed by atoms with van der Waals surface area (Å²) in [6.45, 7) is 3.60. The van der Waals surface area contributed by atoms with Crippen LogP contribution < -0.4 is 10.6 Å². The van der Waals surface area contributed by atoms with Crippen LogP contribution in [0.1, 0.15) is 45.0 Å². The fourth-order valence-corrected chi connectivity index (χ4v) is 4.29. The van der Waals surface area contributed by atoms with Crippen LogP contribution in [0.4, 0.5) is 10.7 Å². The molecule has 0 aliphatic carbocycles. The van der Waals surface area contributed by atoms with Crippen LogP contribution in [0.5, 0.6) is 0 Å². The number of esters is 2. The second kappa shape index (κ2) is 10.9. The Hall–Kier alpha value is -3.23. The van der Waals surface area contributed by atoms with Crippen LogP contribution in [0.2, 0.25) is 0 Å². The first-order valence-electron chi connectivity index (χ1n) is 9.99. The smallest absolute Gasteiger partial charge is 0.340 e. The van der Waals surface area contributed by atoms with Crippen LogP contribution in [0, 0.1) is 0 Å². The number of anilines is 2. The van der Waals surface area contributed by atoms with E-state index in [2.05, 4.69) is 10.6 Å². The minimum atomic E-state index is -0.432. The van der Waals surface area contributed by atoms with E-state index < -0.39 is 5.97 Å². The van der Waals surface area contributed by atoms with Crippen LogP contribution in [0.15, 0.2) is 60.7 Å². The lowest BCUT2D eigenvalue weighted by Gasteiger charge is -2.11. The van der Waals surface area contributed by atoms with Gasteiger partial charge in [0.1, 0.15) is 5.00 Å². The van der Waals surface area contributed by atoms with Gasteiger partial charge in [0, 0.05) is 17.0 Å². The highest BCUT2D eigenvalue weighted by Gasteiger charge is 2.18. The van der Waals surface area contributed by atoms with Gasteiger partial charge in [-0.15, -0.1) is 11.3 Å². The molecular weight excluding hydrogens is 444 g/mol. The van der Waals surface area contributed by atoms with Gasteiger partial charge in [0.15, 0.2) is 5.11 Å². The first-order valence-corrected chi connectivity index (χ1v) is 11.2. The molecule has 0 aliphatic rings. The third-order valence-corrected chi connectivity index (χ3v) is 5.61. The largest absolute Gasteiger partial charge is 0.465 e. The Morgan fingerprint density at radius 1 is 1.00 bits per heavy atom. The van der Waals surface area contributed by atoms with E-state index in [0.29, 0.717) is 33.3 Å². The summed E-state index contributed by atoms with van der Waals surface area (Å²) in [4.78, 5) is 25.2. The fourth-order valence-electron chi connectivity index (χ4n) is 2.92. The molecule has 0 unspecified atom stereocenters. The Morgan fingerprint density at radius 2 is 1.69 bits per heavy atom. The molecule has 3 aromatic rings. The van der Waals surface area contributed by atoms with Crippen molar-refractivity contribution in [3.63, 3.8) is 0 Å². The van der Waals surface area contributed by atoms with Crippen LogP contribution in [-0.4, -0.2) is 30.3 Å². The van der Waals surface area contributed by atoms with Gasteiger partial charge in [0.05, 0.1) is 24.3 Å². The molecule has 0 saturated carbocycles. The highest BCUT2D eigenvalue weighted by Crippen LogP contribution is 2.30. The van der Waals surface area contributed by atoms with Gasteiger partial charge in [0.25, 0.3) is 0 Å². The molecule has 0 radical (unpaired) electrons. The lowest BCUT2D eigenvalue weighted by Crippen LogP contribution is -2.20. The topological polar surface area (TPSA) is 76.7 Å². The molecule has 2 aromatic carbocycles. The van der Waals surface area contributed by atoms with Crippen LogP contribution in [-0.2, 0) is 15.9 Å². The molecule has 0 atom stereocenters. The quantitative estimate of drug-likeness (QED) is 0.350. The number of rotatable bonds is 7. The highest BCUT2D eigenvalue weighted by atomic mass is 32.1. The third kappa shape index (κ3) is 6.38. The molecule has 0 spiro atoms. The van der Waals surface area contributed by atoms with Gasteiger partial charge in [-0.3, -0.25) is 0 Å². The van der Waals surface area contributed by atoms with Crippen LogP contribution in [0.25, 0.3) is 0 Å². The average Bonchev–Trinajstić information content (AvgIpc) is 3.15. The predicted molar refractivity (Wildman–Crippen MR) is 132 cm³/mol. The predicted octanol–water partition coefficient (Wildman–Crippen LogP) is 5.50. The number of carbonyl (C=O) groups is 2. The van der Waals surface area contributed by atoms with Crippen molar-refractivity contribution in [2.45, 2.75) is 26.4 Å². The number of hydrogen-bond acceptors (Lipinski definition) is 6. The van der Waals surface area contributed by atoms with Crippen molar-refractivity contribution in [3.8, 4) is 0 Å². The van der Waals surface area contributed by atoms with Crippen molar-refractivity contribution in [2.24, 2.45) is 0 Å². The van der Waals surface area contributed by atoms with Gasteiger partial charge in [-0.25, -0.2) is 9.59 Å². The number of thiophene rings is 1. The fraction of sp³-hybridized carbons (Fsp3) is 0.208.